The first-order valence-electron chi connectivity index (χ1n) is 8.00. The van der Waals surface area contributed by atoms with E-state index in [1.807, 2.05) is 0 Å². The number of likely N-dealkylation sites (tertiary alicyclic amines) is 1. The Kier molecular flexibility index (Phi) is 5.70. The van der Waals surface area contributed by atoms with Gasteiger partial charge in [0, 0.05) is 38.8 Å². The minimum atomic E-state index is -4.47. The van der Waals surface area contributed by atoms with Crippen LogP contribution in [0.25, 0.3) is 0 Å². The van der Waals surface area contributed by atoms with Crippen LogP contribution in [0.2, 0.25) is 0 Å². The molecule has 0 radical (unpaired) electrons. The number of hydrogen-bond donors (Lipinski definition) is 0. The molecule has 0 aliphatic carbocycles. The van der Waals surface area contributed by atoms with Crippen molar-refractivity contribution in [3.05, 3.63) is 0 Å². The van der Waals surface area contributed by atoms with Crippen molar-refractivity contribution in [3.63, 3.8) is 0 Å². The van der Waals surface area contributed by atoms with Gasteiger partial charge in [-0.15, -0.1) is 12.3 Å². The number of hydrogen-bond acceptors (Lipinski definition) is 5. The van der Waals surface area contributed by atoms with Crippen molar-refractivity contribution in [3.8, 4) is 12.3 Å². The molecule has 1 saturated heterocycles. The molecule has 0 aromatic heterocycles. The van der Waals surface area contributed by atoms with E-state index in [1.165, 1.54) is 0 Å². The number of esters is 1. The molecule has 0 aromatic rings. The maximum Gasteiger partial charge on any atom is 0.393 e. The van der Waals surface area contributed by atoms with Crippen molar-refractivity contribution in [2.24, 2.45) is 22.1 Å². The van der Waals surface area contributed by atoms with E-state index in [1.54, 1.807) is 0 Å². The van der Waals surface area contributed by atoms with Crippen LogP contribution in [0.5, 0.6) is 0 Å². The molecule has 2 rings (SSSR count). The van der Waals surface area contributed by atoms with Crippen molar-refractivity contribution < 1.29 is 27.5 Å². The summed E-state index contributed by atoms with van der Waals surface area (Å²) in [6, 6.07) is 0. The van der Waals surface area contributed by atoms with Gasteiger partial charge in [0.2, 0.25) is 5.91 Å². The number of carbonyl (C=O) groups is 2. The van der Waals surface area contributed by atoms with Crippen LogP contribution < -0.4 is 0 Å². The Labute approximate surface area is 143 Å². The van der Waals surface area contributed by atoms with Gasteiger partial charge in [0.1, 0.15) is 0 Å². The summed E-state index contributed by atoms with van der Waals surface area (Å²) in [5.41, 5.74) is -0.664. The van der Waals surface area contributed by atoms with E-state index in [0.29, 0.717) is 19.3 Å². The highest BCUT2D eigenvalue weighted by molar-refractivity contribution is 5.78. The van der Waals surface area contributed by atoms with Gasteiger partial charge >= 0.3 is 12.1 Å². The largest absolute Gasteiger partial charge is 0.469 e. The Morgan fingerprint density at radius 1 is 1.32 bits per heavy atom. The number of nitrogens with zero attached hydrogens (tertiary/aromatic N) is 3. The molecule has 0 saturated carbocycles. The van der Waals surface area contributed by atoms with Crippen molar-refractivity contribution >= 4 is 11.9 Å². The molecule has 2 heterocycles. The van der Waals surface area contributed by atoms with Gasteiger partial charge in [-0.3, -0.25) is 9.59 Å². The van der Waals surface area contributed by atoms with E-state index in [-0.39, 0.29) is 19.4 Å². The summed E-state index contributed by atoms with van der Waals surface area (Å²) in [5, 5.41) is 7.81. The minimum Gasteiger partial charge on any atom is -0.469 e. The number of methoxy groups -OCH3 is 1. The third-order valence-electron chi connectivity index (χ3n) is 4.59. The second-order valence-electron chi connectivity index (χ2n) is 6.38. The summed E-state index contributed by atoms with van der Waals surface area (Å²) in [7, 11) is 1.12. The van der Waals surface area contributed by atoms with Crippen LogP contribution in [0, 0.1) is 24.2 Å². The zero-order chi connectivity index (χ0) is 18.7. The molecule has 1 amide bonds. The average molecular weight is 359 g/mol. The van der Waals surface area contributed by atoms with Crippen molar-refractivity contribution in [2.75, 3.05) is 20.2 Å². The van der Waals surface area contributed by atoms with Gasteiger partial charge in [0.25, 0.3) is 0 Å². The highest BCUT2D eigenvalue weighted by Gasteiger charge is 2.47. The topological polar surface area (TPSA) is 71.3 Å². The number of carbonyl (C=O) groups excluding carboxylic acids is 2. The zero-order valence-corrected chi connectivity index (χ0v) is 13.9. The maximum absolute atomic E-state index is 13.1. The molecule has 0 aromatic carbocycles. The Hall–Kier alpha value is -2.11. The molecule has 9 heteroatoms. The van der Waals surface area contributed by atoms with Gasteiger partial charge in [0.05, 0.1) is 18.9 Å². The summed E-state index contributed by atoms with van der Waals surface area (Å²) < 4.78 is 43.9. The molecular formula is C16H20F3N3O3. The first-order valence-corrected chi connectivity index (χ1v) is 8.00. The van der Waals surface area contributed by atoms with Gasteiger partial charge in [-0.2, -0.15) is 23.4 Å². The molecule has 138 valence electrons. The highest BCUT2D eigenvalue weighted by atomic mass is 19.4. The molecule has 0 unspecified atom stereocenters. The van der Waals surface area contributed by atoms with Crippen molar-refractivity contribution in [2.45, 2.75) is 43.9 Å². The molecule has 6 nitrogen and oxygen atoms in total. The monoisotopic (exact) mass is 359 g/mol. The fraction of sp³-hybridized carbons (Fsp3) is 0.750. The first-order chi connectivity index (χ1) is 11.7. The van der Waals surface area contributed by atoms with Gasteiger partial charge in [-0.25, -0.2) is 0 Å². The summed E-state index contributed by atoms with van der Waals surface area (Å²) in [6.45, 7) is -0.509. The van der Waals surface area contributed by atoms with Gasteiger partial charge in [-0.05, 0) is 6.42 Å². The number of halogens is 3. The van der Waals surface area contributed by atoms with Gasteiger partial charge in [0.15, 0.2) is 5.66 Å². The number of terminal acetylenes is 1. The van der Waals surface area contributed by atoms with Gasteiger partial charge in [-0.1, -0.05) is 0 Å². The Bertz CT molecular complexity index is 592. The van der Waals surface area contributed by atoms with Crippen LogP contribution in [0.1, 0.15) is 32.1 Å². The SMILES string of the molecule is C#CCCC1(CCC(=O)N2C[C@H](C(=O)OC)C[C@H](C(F)(F)F)C2)N=N1. The van der Waals surface area contributed by atoms with Crippen molar-refractivity contribution in [1.29, 1.82) is 0 Å². The molecule has 2 atom stereocenters. The Morgan fingerprint density at radius 2 is 2.00 bits per heavy atom. The summed E-state index contributed by atoms with van der Waals surface area (Å²) in [4.78, 5) is 25.1. The lowest BCUT2D eigenvalue weighted by Crippen LogP contribution is -2.50. The van der Waals surface area contributed by atoms with Crippen LogP contribution >= 0.6 is 0 Å². The summed E-state index contributed by atoms with van der Waals surface area (Å²) >= 11 is 0. The van der Waals surface area contributed by atoms with Crippen LogP contribution in [-0.2, 0) is 14.3 Å². The molecule has 0 spiro atoms. The second-order valence-corrected chi connectivity index (χ2v) is 6.38. The highest BCUT2D eigenvalue weighted by Crippen LogP contribution is 2.39. The predicted molar refractivity (Wildman–Crippen MR) is 81.1 cm³/mol. The first kappa shape index (κ1) is 19.2. The number of amides is 1. The third kappa shape index (κ3) is 4.94. The fourth-order valence-corrected chi connectivity index (χ4v) is 3.01. The standard InChI is InChI=1S/C16H20F3N3O3/c1-3-4-6-15(20-21-15)7-5-13(23)22-9-11(14(24)25-2)8-12(10-22)16(17,18)19/h1,11-12H,4-10H2,2H3/t11-,12+/m1/s1. The fourth-order valence-electron chi connectivity index (χ4n) is 3.01. The smallest absolute Gasteiger partial charge is 0.393 e. The van der Waals surface area contributed by atoms with Crippen LogP contribution in [0.15, 0.2) is 10.2 Å². The summed E-state index contributed by atoms with van der Waals surface area (Å²) in [5.74, 6) is -1.41. The van der Waals surface area contributed by atoms with E-state index in [2.05, 4.69) is 20.9 Å². The molecule has 0 N–H and O–H groups in total. The number of piperidine rings is 1. The molecule has 2 aliphatic heterocycles. The minimum absolute atomic E-state index is 0.00996. The van der Waals surface area contributed by atoms with E-state index in [9.17, 15) is 22.8 Å². The average Bonchev–Trinajstić information content (AvgIpc) is 3.36. The molecule has 2 aliphatic rings. The molecular weight excluding hydrogens is 339 g/mol. The van der Waals surface area contributed by atoms with E-state index in [0.717, 1.165) is 12.0 Å². The third-order valence-corrected chi connectivity index (χ3v) is 4.59. The lowest BCUT2D eigenvalue weighted by molar-refractivity contribution is -0.195. The molecule has 25 heavy (non-hydrogen) atoms. The van der Waals surface area contributed by atoms with E-state index < -0.39 is 42.1 Å². The maximum atomic E-state index is 13.1. The molecule has 1 fully saturated rings. The normalized spacial score (nSPS) is 24.5. The number of alkyl halides is 3. The van der Waals surface area contributed by atoms with Crippen LogP contribution in [0.3, 0.4) is 0 Å². The van der Waals surface area contributed by atoms with Crippen molar-refractivity contribution in [1.82, 2.24) is 4.90 Å². The number of ether oxygens (including phenoxy) is 1. The van der Waals surface area contributed by atoms with E-state index >= 15 is 0 Å². The quantitative estimate of drug-likeness (QED) is 0.540. The van der Waals surface area contributed by atoms with Crippen LogP contribution in [-0.4, -0.2) is 48.8 Å². The summed E-state index contributed by atoms with van der Waals surface area (Å²) in [6.07, 6.45) is 1.66. The zero-order valence-electron chi connectivity index (χ0n) is 13.9. The lowest BCUT2D eigenvalue weighted by Gasteiger charge is -2.37. The van der Waals surface area contributed by atoms with Crippen LogP contribution in [0.4, 0.5) is 13.2 Å². The van der Waals surface area contributed by atoms with E-state index in [4.69, 9.17) is 6.42 Å². The lowest BCUT2D eigenvalue weighted by atomic mass is 9.88. The second kappa shape index (κ2) is 7.42. The Morgan fingerprint density at radius 3 is 2.52 bits per heavy atom. The number of rotatable bonds is 6. The molecule has 0 bridgehead atoms. The van der Waals surface area contributed by atoms with Gasteiger partial charge < -0.3 is 9.64 Å². The predicted octanol–water partition coefficient (Wildman–Crippen LogP) is 2.54. The Balaban J connectivity index is 1.97.